The Morgan fingerprint density at radius 3 is 2.32 bits per heavy atom. The maximum Gasteiger partial charge on any atom is 0.430 e. The lowest BCUT2D eigenvalue weighted by atomic mass is 10.0. The number of nitrogens with one attached hydrogen (secondary N) is 1. The van der Waals surface area contributed by atoms with Gasteiger partial charge < -0.3 is 10.1 Å². The Balaban J connectivity index is 2.00. The number of nitrogens with zero attached hydrogens (tertiary/aromatic N) is 3. The van der Waals surface area contributed by atoms with Crippen LogP contribution in [0.15, 0.2) is 45.1 Å². The average molecular weight is 678 g/mol. The molecule has 0 spiro atoms. The summed E-state index contributed by atoms with van der Waals surface area (Å²) in [6.07, 6.45) is -1.38. The summed E-state index contributed by atoms with van der Waals surface area (Å²) in [4.78, 5) is 13.5. The molecule has 0 aliphatic rings. The molecule has 1 heterocycles. The van der Waals surface area contributed by atoms with Gasteiger partial charge in [0.2, 0.25) is 0 Å². The zero-order valence-electron chi connectivity index (χ0n) is 23.7. The normalized spacial score (nSPS) is 12.5. The van der Waals surface area contributed by atoms with E-state index in [1.54, 1.807) is 12.1 Å². The second-order valence-electron chi connectivity index (χ2n) is 11.2. The Morgan fingerprint density at radius 1 is 1.10 bits per heavy atom. The van der Waals surface area contributed by atoms with Gasteiger partial charge in [-0.15, -0.1) is 4.31 Å². The molecule has 0 unspecified atom stereocenters. The number of anilines is 2. The van der Waals surface area contributed by atoms with Crippen molar-refractivity contribution in [1.82, 2.24) is 9.27 Å². The Hall–Kier alpha value is -2.68. The molecule has 3 rings (SSSR count). The number of ether oxygens (including phenoxy) is 1. The molecule has 0 aliphatic carbocycles. The Morgan fingerprint density at radius 2 is 1.76 bits per heavy atom. The summed E-state index contributed by atoms with van der Waals surface area (Å²) in [5.41, 5.74) is -0.510. The van der Waals surface area contributed by atoms with Crippen LogP contribution in [-0.4, -0.2) is 42.0 Å². The summed E-state index contributed by atoms with van der Waals surface area (Å²) in [5.74, 6) is -3.85. The summed E-state index contributed by atoms with van der Waals surface area (Å²) in [5, 5.41) is 4.19. The van der Waals surface area contributed by atoms with Gasteiger partial charge in [0.25, 0.3) is 10.0 Å². The zero-order chi connectivity index (χ0) is 30.9. The van der Waals surface area contributed by atoms with Crippen LogP contribution in [0, 0.1) is 17.5 Å². The fourth-order valence-corrected chi connectivity index (χ4v) is 6.12. The molecule has 8 nitrogen and oxygen atoms in total. The van der Waals surface area contributed by atoms with Crippen LogP contribution in [-0.2, 0) is 27.8 Å². The van der Waals surface area contributed by atoms with Gasteiger partial charge in [0, 0.05) is 29.6 Å². The molecule has 41 heavy (non-hydrogen) atoms. The van der Waals surface area contributed by atoms with E-state index in [1.807, 2.05) is 32.7 Å². The van der Waals surface area contributed by atoms with Crippen molar-refractivity contribution in [2.24, 2.45) is 0 Å². The van der Waals surface area contributed by atoms with Gasteiger partial charge >= 0.3 is 6.09 Å². The quantitative estimate of drug-likeness (QED) is 0.251. The molecule has 3 aromatic rings. The fraction of sp³-hybridized carbons (Fsp3) is 0.407. The van der Waals surface area contributed by atoms with Crippen molar-refractivity contribution in [2.45, 2.75) is 70.7 Å². The molecule has 0 aliphatic heterocycles. The number of aromatic nitrogens is 1. The van der Waals surface area contributed by atoms with Gasteiger partial charge in [0.15, 0.2) is 16.5 Å². The second-order valence-corrected chi connectivity index (χ2v) is 14.4. The summed E-state index contributed by atoms with van der Waals surface area (Å²) in [7, 11) is -3.28. The summed E-state index contributed by atoms with van der Waals surface area (Å²) in [6.45, 7) is 10.8. The standard InChI is InChI=1S/C27H32BrF3N4O4S2/c1-26(2,3)34(7)15-16-9-8-10-18(29)17(16)14-32-20-13-19(30)24(23(31)22(20)28)41(37,38)35(21-11-12-40-33-21)25(36)39-27(4,5)6/h8-13,32H,14-15H2,1-7H3. The molecule has 0 fully saturated rings. The summed E-state index contributed by atoms with van der Waals surface area (Å²) >= 11 is 3.84. The summed E-state index contributed by atoms with van der Waals surface area (Å²) < 4.78 is 81.7. The van der Waals surface area contributed by atoms with Crippen LogP contribution < -0.4 is 9.62 Å². The van der Waals surface area contributed by atoms with Crippen LogP contribution in [0.25, 0.3) is 0 Å². The van der Waals surface area contributed by atoms with E-state index >= 15 is 8.78 Å². The number of benzene rings is 2. The maximum absolute atomic E-state index is 15.6. The minimum atomic E-state index is -5.17. The molecule has 0 atom stereocenters. The molecule has 1 N–H and O–H groups in total. The zero-order valence-corrected chi connectivity index (χ0v) is 26.9. The van der Waals surface area contributed by atoms with Crippen LogP contribution in [0.5, 0.6) is 0 Å². The first-order chi connectivity index (χ1) is 18.8. The molecule has 224 valence electrons. The number of rotatable bonds is 8. The lowest BCUT2D eigenvalue weighted by molar-refractivity contribution is 0.0608. The Labute approximate surface area is 250 Å². The minimum Gasteiger partial charge on any atom is -0.443 e. The fourth-order valence-electron chi connectivity index (χ4n) is 3.59. The molecule has 14 heteroatoms. The van der Waals surface area contributed by atoms with Crippen LogP contribution in [0.1, 0.15) is 52.7 Å². The maximum atomic E-state index is 15.6. The van der Waals surface area contributed by atoms with Crippen molar-refractivity contribution in [2.75, 3.05) is 16.7 Å². The van der Waals surface area contributed by atoms with E-state index in [0.717, 1.165) is 17.6 Å². The largest absolute Gasteiger partial charge is 0.443 e. The first-order valence-electron chi connectivity index (χ1n) is 12.4. The Bertz CT molecular complexity index is 1520. The molecule has 0 radical (unpaired) electrons. The van der Waals surface area contributed by atoms with Gasteiger partial charge in [0.05, 0.1) is 10.2 Å². The third-order valence-corrected chi connectivity index (χ3v) is 9.06. The smallest absolute Gasteiger partial charge is 0.430 e. The summed E-state index contributed by atoms with van der Waals surface area (Å²) in [6, 6.07) is 6.59. The van der Waals surface area contributed by atoms with E-state index in [9.17, 15) is 17.6 Å². The number of hydrogen-bond donors (Lipinski definition) is 1. The highest BCUT2D eigenvalue weighted by molar-refractivity contribution is 9.10. The predicted molar refractivity (Wildman–Crippen MR) is 157 cm³/mol. The number of carbonyl (C=O) groups excluding carboxylic acids is 1. The Kier molecular flexibility index (Phi) is 9.83. The number of carbonyl (C=O) groups is 1. The number of sulfonamides is 1. The molecule has 0 bridgehead atoms. The van der Waals surface area contributed by atoms with Crippen molar-refractivity contribution in [3.05, 3.63) is 68.8 Å². The average Bonchev–Trinajstić information content (AvgIpc) is 3.33. The molecule has 0 saturated heterocycles. The lowest BCUT2D eigenvalue weighted by Crippen LogP contribution is -2.41. The van der Waals surface area contributed by atoms with Gasteiger partial charge in [-0.1, -0.05) is 12.1 Å². The van der Waals surface area contributed by atoms with Gasteiger partial charge in [0.1, 0.15) is 17.2 Å². The van der Waals surface area contributed by atoms with Crippen LogP contribution in [0.2, 0.25) is 0 Å². The van der Waals surface area contributed by atoms with E-state index < -0.39 is 48.5 Å². The van der Waals surface area contributed by atoms with Crippen LogP contribution >= 0.6 is 27.5 Å². The number of hydrogen-bond acceptors (Lipinski definition) is 8. The third kappa shape index (κ3) is 7.59. The third-order valence-electron chi connectivity index (χ3n) is 6.03. The van der Waals surface area contributed by atoms with Gasteiger partial charge in [-0.2, -0.15) is 4.37 Å². The van der Waals surface area contributed by atoms with E-state index in [-0.39, 0.29) is 33.5 Å². The van der Waals surface area contributed by atoms with Crippen LogP contribution in [0.4, 0.5) is 29.5 Å². The molecule has 2 aromatic carbocycles. The van der Waals surface area contributed by atoms with E-state index in [4.69, 9.17) is 4.74 Å². The number of amides is 1. The van der Waals surface area contributed by atoms with E-state index in [2.05, 4.69) is 25.6 Å². The molecular weight excluding hydrogens is 645 g/mol. The van der Waals surface area contributed by atoms with Crippen molar-refractivity contribution in [3.8, 4) is 0 Å². The van der Waals surface area contributed by atoms with Gasteiger partial charge in [-0.05, 0) is 99.8 Å². The topological polar surface area (TPSA) is 91.8 Å². The molecular formula is C27H32BrF3N4O4S2. The second kappa shape index (κ2) is 12.3. The molecule has 0 saturated carbocycles. The lowest BCUT2D eigenvalue weighted by Gasteiger charge is -2.32. The van der Waals surface area contributed by atoms with Gasteiger partial charge in [-0.25, -0.2) is 26.4 Å². The highest BCUT2D eigenvalue weighted by Gasteiger charge is 2.40. The number of halogens is 4. The van der Waals surface area contributed by atoms with E-state index in [1.165, 1.54) is 38.3 Å². The van der Waals surface area contributed by atoms with E-state index in [0.29, 0.717) is 12.1 Å². The predicted octanol–water partition coefficient (Wildman–Crippen LogP) is 7.30. The SMILES string of the molecule is CN(Cc1cccc(F)c1CNc1cc(F)c(S(=O)(=O)N(C(=O)OC(C)(C)C)c2ccsn2)c(F)c1Br)C(C)(C)C. The van der Waals surface area contributed by atoms with Crippen molar-refractivity contribution in [1.29, 1.82) is 0 Å². The van der Waals surface area contributed by atoms with Crippen LogP contribution in [0.3, 0.4) is 0 Å². The van der Waals surface area contributed by atoms with Crippen molar-refractivity contribution < 1.29 is 31.1 Å². The monoisotopic (exact) mass is 676 g/mol. The minimum absolute atomic E-state index is 0.118. The highest BCUT2D eigenvalue weighted by atomic mass is 79.9. The van der Waals surface area contributed by atoms with Crippen molar-refractivity contribution in [3.63, 3.8) is 0 Å². The highest BCUT2D eigenvalue weighted by Crippen LogP contribution is 2.36. The van der Waals surface area contributed by atoms with Crippen molar-refractivity contribution >= 4 is 55.1 Å². The first kappa shape index (κ1) is 32.8. The molecule has 1 aromatic heterocycles. The van der Waals surface area contributed by atoms with Gasteiger partial charge in [-0.3, -0.25) is 4.90 Å². The first-order valence-corrected chi connectivity index (χ1v) is 15.5. The molecule has 1 amide bonds.